The molecule has 0 radical (unpaired) electrons. The zero-order chi connectivity index (χ0) is 18.7. The lowest BCUT2D eigenvalue weighted by molar-refractivity contribution is -0.155. The SMILES string of the molecule is CC(=O)C(C(=O)OC(C)C)C(c1ccccc1)c1c[nH]c2ccccc12. The summed E-state index contributed by atoms with van der Waals surface area (Å²) < 4.78 is 5.42. The van der Waals surface area contributed by atoms with E-state index in [9.17, 15) is 9.59 Å². The van der Waals surface area contributed by atoms with E-state index in [0.29, 0.717) is 0 Å². The Bertz CT molecular complexity index is 911. The first kappa shape index (κ1) is 17.9. The van der Waals surface area contributed by atoms with Crippen LogP contribution in [-0.2, 0) is 14.3 Å². The van der Waals surface area contributed by atoms with Gasteiger partial charge in [-0.25, -0.2) is 0 Å². The molecule has 0 aliphatic carbocycles. The van der Waals surface area contributed by atoms with Gasteiger partial charge in [-0.2, -0.15) is 0 Å². The average Bonchev–Trinajstić information content (AvgIpc) is 3.03. The number of para-hydroxylation sites is 1. The van der Waals surface area contributed by atoms with Crippen molar-refractivity contribution in [2.75, 3.05) is 0 Å². The molecule has 2 atom stereocenters. The summed E-state index contributed by atoms with van der Waals surface area (Å²) in [5.41, 5.74) is 2.81. The van der Waals surface area contributed by atoms with Crippen molar-refractivity contribution in [2.45, 2.75) is 32.8 Å². The quantitative estimate of drug-likeness (QED) is 0.528. The Morgan fingerprint density at radius 1 is 0.962 bits per heavy atom. The third-order valence-corrected chi connectivity index (χ3v) is 4.49. The molecule has 3 aromatic rings. The molecule has 0 amide bonds. The molecule has 0 saturated heterocycles. The minimum atomic E-state index is -0.890. The lowest BCUT2D eigenvalue weighted by atomic mass is 9.78. The van der Waals surface area contributed by atoms with Gasteiger partial charge in [-0.3, -0.25) is 9.59 Å². The van der Waals surface area contributed by atoms with Gasteiger partial charge in [0.25, 0.3) is 0 Å². The highest BCUT2D eigenvalue weighted by Gasteiger charge is 2.37. The fraction of sp³-hybridized carbons (Fsp3) is 0.273. The van der Waals surface area contributed by atoms with Crippen LogP contribution in [0.5, 0.6) is 0 Å². The van der Waals surface area contributed by atoms with Crippen molar-refractivity contribution in [1.82, 2.24) is 4.98 Å². The number of aromatic amines is 1. The van der Waals surface area contributed by atoms with Crippen molar-refractivity contribution >= 4 is 22.7 Å². The molecule has 0 bridgehead atoms. The monoisotopic (exact) mass is 349 g/mol. The van der Waals surface area contributed by atoms with Crippen molar-refractivity contribution < 1.29 is 14.3 Å². The maximum atomic E-state index is 12.8. The molecule has 4 heteroatoms. The van der Waals surface area contributed by atoms with E-state index in [2.05, 4.69) is 4.98 Å². The highest BCUT2D eigenvalue weighted by molar-refractivity contribution is 6.00. The number of ketones is 1. The van der Waals surface area contributed by atoms with E-state index in [4.69, 9.17) is 4.74 Å². The molecule has 0 aliphatic heterocycles. The second kappa shape index (κ2) is 7.56. The van der Waals surface area contributed by atoms with E-state index >= 15 is 0 Å². The van der Waals surface area contributed by atoms with Gasteiger partial charge in [-0.15, -0.1) is 0 Å². The molecule has 2 unspecified atom stereocenters. The predicted octanol–water partition coefficient (Wildman–Crippen LogP) is 4.46. The van der Waals surface area contributed by atoms with E-state index in [0.717, 1.165) is 22.0 Å². The first-order chi connectivity index (χ1) is 12.5. The number of nitrogens with one attached hydrogen (secondary N) is 1. The zero-order valence-electron chi connectivity index (χ0n) is 15.2. The highest BCUT2D eigenvalue weighted by Crippen LogP contribution is 2.37. The maximum Gasteiger partial charge on any atom is 0.317 e. The number of fused-ring (bicyclic) bond motifs is 1. The van der Waals surface area contributed by atoms with Gasteiger partial charge in [0.2, 0.25) is 0 Å². The number of hydrogen-bond acceptors (Lipinski definition) is 3. The topological polar surface area (TPSA) is 59.2 Å². The van der Waals surface area contributed by atoms with Crippen LogP contribution < -0.4 is 0 Å². The Labute approximate surface area is 153 Å². The van der Waals surface area contributed by atoms with E-state index in [-0.39, 0.29) is 11.9 Å². The van der Waals surface area contributed by atoms with Crippen LogP contribution in [0, 0.1) is 5.92 Å². The molecule has 0 aliphatic rings. The second-order valence-corrected chi connectivity index (χ2v) is 6.75. The molecule has 1 heterocycles. The summed E-state index contributed by atoms with van der Waals surface area (Å²) in [4.78, 5) is 28.5. The number of H-pyrrole nitrogens is 1. The molecule has 26 heavy (non-hydrogen) atoms. The zero-order valence-corrected chi connectivity index (χ0v) is 15.2. The smallest absolute Gasteiger partial charge is 0.317 e. The van der Waals surface area contributed by atoms with Crippen molar-refractivity contribution in [3.8, 4) is 0 Å². The van der Waals surface area contributed by atoms with Crippen LogP contribution in [0.15, 0.2) is 60.8 Å². The third kappa shape index (κ3) is 3.54. The summed E-state index contributed by atoms with van der Waals surface area (Å²) in [5, 5.41) is 1.00. The number of benzene rings is 2. The standard InChI is InChI=1S/C22H23NO3/c1-14(2)26-22(25)20(15(3)24)21(16-9-5-4-6-10-16)18-13-23-19-12-8-7-11-17(18)19/h4-14,20-21,23H,1-3H3. The highest BCUT2D eigenvalue weighted by atomic mass is 16.5. The molecule has 0 spiro atoms. The van der Waals surface area contributed by atoms with Crippen LogP contribution in [0.25, 0.3) is 10.9 Å². The molecule has 134 valence electrons. The van der Waals surface area contributed by atoms with Crippen LogP contribution >= 0.6 is 0 Å². The normalized spacial score (nSPS) is 13.5. The van der Waals surface area contributed by atoms with Gasteiger partial charge in [0.1, 0.15) is 11.7 Å². The first-order valence-electron chi connectivity index (χ1n) is 8.81. The van der Waals surface area contributed by atoms with Crippen molar-refractivity contribution in [3.05, 3.63) is 71.9 Å². The largest absolute Gasteiger partial charge is 0.462 e. The summed E-state index contributed by atoms with van der Waals surface area (Å²) in [5.74, 6) is -1.98. The van der Waals surface area contributed by atoms with Gasteiger partial charge >= 0.3 is 5.97 Å². The number of carbonyl (C=O) groups is 2. The Kier molecular flexibility index (Phi) is 5.21. The number of ether oxygens (including phenoxy) is 1. The lowest BCUT2D eigenvalue weighted by Crippen LogP contribution is -2.32. The lowest BCUT2D eigenvalue weighted by Gasteiger charge is -2.25. The minimum absolute atomic E-state index is 0.199. The number of Topliss-reactive ketones (excluding diaryl/α,β-unsaturated/α-hetero) is 1. The van der Waals surface area contributed by atoms with Crippen LogP contribution in [0.1, 0.15) is 37.8 Å². The van der Waals surface area contributed by atoms with Crippen molar-refractivity contribution in [2.24, 2.45) is 5.92 Å². The Morgan fingerprint density at radius 2 is 1.62 bits per heavy atom. The number of aromatic nitrogens is 1. The van der Waals surface area contributed by atoms with E-state index in [1.54, 1.807) is 13.8 Å². The van der Waals surface area contributed by atoms with Crippen LogP contribution in [0.3, 0.4) is 0 Å². The van der Waals surface area contributed by atoms with Crippen LogP contribution in [-0.4, -0.2) is 22.8 Å². The molecular weight excluding hydrogens is 326 g/mol. The summed E-state index contributed by atoms with van der Waals surface area (Å²) >= 11 is 0. The van der Waals surface area contributed by atoms with E-state index in [1.807, 2.05) is 60.8 Å². The summed E-state index contributed by atoms with van der Waals surface area (Å²) in [6, 6.07) is 17.6. The minimum Gasteiger partial charge on any atom is -0.462 e. The first-order valence-corrected chi connectivity index (χ1v) is 8.81. The van der Waals surface area contributed by atoms with Gasteiger partial charge in [-0.1, -0.05) is 48.5 Å². The van der Waals surface area contributed by atoms with Crippen molar-refractivity contribution in [3.63, 3.8) is 0 Å². The molecule has 4 nitrogen and oxygen atoms in total. The molecule has 1 N–H and O–H groups in total. The number of esters is 1. The fourth-order valence-corrected chi connectivity index (χ4v) is 3.41. The van der Waals surface area contributed by atoms with Crippen molar-refractivity contribution in [1.29, 1.82) is 0 Å². The molecule has 2 aromatic carbocycles. The number of rotatable bonds is 6. The molecule has 0 fully saturated rings. The van der Waals surface area contributed by atoms with Gasteiger partial charge in [0.05, 0.1) is 6.10 Å². The van der Waals surface area contributed by atoms with Crippen LogP contribution in [0.4, 0.5) is 0 Å². The van der Waals surface area contributed by atoms with E-state index in [1.165, 1.54) is 6.92 Å². The molecule has 0 saturated carbocycles. The Balaban J connectivity index is 2.17. The van der Waals surface area contributed by atoms with Gasteiger partial charge in [0, 0.05) is 23.0 Å². The van der Waals surface area contributed by atoms with Gasteiger partial charge in [0.15, 0.2) is 0 Å². The fourth-order valence-electron chi connectivity index (χ4n) is 3.41. The summed E-state index contributed by atoms with van der Waals surface area (Å²) in [6.45, 7) is 5.04. The van der Waals surface area contributed by atoms with Crippen LogP contribution in [0.2, 0.25) is 0 Å². The Hall–Kier alpha value is -2.88. The van der Waals surface area contributed by atoms with E-state index < -0.39 is 17.8 Å². The average molecular weight is 349 g/mol. The maximum absolute atomic E-state index is 12.8. The van der Waals surface area contributed by atoms with Gasteiger partial charge < -0.3 is 9.72 Å². The van der Waals surface area contributed by atoms with Gasteiger partial charge in [-0.05, 0) is 38.0 Å². The summed E-state index contributed by atoms with van der Waals surface area (Å²) in [6.07, 6.45) is 1.62. The summed E-state index contributed by atoms with van der Waals surface area (Å²) in [7, 11) is 0. The second-order valence-electron chi connectivity index (χ2n) is 6.75. The Morgan fingerprint density at radius 3 is 2.27 bits per heavy atom. The molecule has 3 rings (SSSR count). The molecule has 1 aromatic heterocycles. The predicted molar refractivity (Wildman–Crippen MR) is 102 cm³/mol. The molecular formula is C22H23NO3. The number of hydrogen-bond donors (Lipinski definition) is 1. The third-order valence-electron chi connectivity index (χ3n) is 4.49. The number of carbonyl (C=O) groups excluding carboxylic acids is 2.